The van der Waals surface area contributed by atoms with Crippen LogP contribution in [0.4, 0.5) is 5.82 Å². The minimum Gasteiger partial charge on any atom is -0.489 e. The predicted molar refractivity (Wildman–Crippen MR) is 114 cm³/mol. The maximum Gasteiger partial charge on any atom is 0.256 e. The van der Waals surface area contributed by atoms with Gasteiger partial charge >= 0.3 is 0 Å². The first-order valence-electron chi connectivity index (χ1n) is 10.5. The first-order chi connectivity index (χ1) is 15.0. The van der Waals surface area contributed by atoms with Crippen molar-refractivity contribution in [1.82, 2.24) is 14.9 Å². The summed E-state index contributed by atoms with van der Waals surface area (Å²) in [5.74, 6) is 1.92. The Kier molecular flexibility index (Phi) is 6.24. The zero-order valence-corrected chi connectivity index (χ0v) is 17.8. The number of aliphatic hydroxyl groups excluding tert-OH is 2. The van der Waals surface area contributed by atoms with E-state index in [1.165, 1.54) is 4.90 Å². The Bertz CT molecular complexity index is 928. The Morgan fingerprint density at radius 3 is 2.61 bits per heavy atom. The normalized spacial score (nSPS) is 19.0. The van der Waals surface area contributed by atoms with E-state index in [1.807, 2.05) is 19.1 Å². The molecule has 1 unspecified atom stereocenters. The molecular formula is C22H28N4O5. The molecule has 2 aliphatic heterocycles. The molecule has 1 amide bonds. The van der Waals surface area contributed by atoms with Gasteiger partial charge in [-0.05, 0) is 24.6 Å². The van der Waals surface area contributed by atoms with Crippen LogP contribution < -0.4 is 14.4 Å². The molecule has 0 aliphatic carbocycles. The van der Waals surface area contributed by atoms with Crippen LogP contribution in [0.1, 0.15) is 40.5 Å². The number of hydrogen-bond acceptors (Lipinski definition) is 8. The molecule has 1 atom stereocenters. The van der Waals surface area contributed by atoms with Gasteiger partial charge in [0.05, 0.1) is 43.8 Å². The summed E-state index contributed by atoms with van der Waals surface area (Å²) in [6.45, 7) is 3.30. The summed E-state index contributed by atoms with van der Waals surface area (Å²) in [6.07, 6.45) is 3.43. The molecule has 0 aromatic carbocycles. The molecule has 2 aromatic heterocycles. The van der Waals surface area contributed by atoms with Crippen molar-refractivity contribution in [2.24, 2.45) is 0 Å². The SMILES string of the molecule is COc1ccc(OC2CCN(c3nc4c(cc3C)C(=O)N(CCO)C4CO)CC2)cn1. The topological polar surface area (TPSA) is 108 Å². The molecule has 9 nitrogen and oxygen atoms in total. The third kappa shape index (κ3) is 4.15. The predicted octanol–water partition coefficient (Wildman–Crippen LogP) is 1.32. The highest BCUT2D eigenvalue weighted by Gasteiger charge is 2.38. The van der Waals surface area contributed by atoms with Crippen LogP contribution in [0.15, 0.2) is 24.4 Å². The highest BCUT2D eigenvalue weighted by Crippen LogP contribution is 2.35. The maximum absolute atomic E-state index is 12.7. The number of carbonyl (C=O) groups excluding carboxylic acids is 1. The molecule has 2 N–H and O–H groups in total. The van der Waals surface area contributed by atoms with Gasteiger partial charge in [-0.1, -0.05) is 0 Å². The lowest BCUT2D eigenvalue weighted by Crippen LogP contribution is -2.39. The number of amides is 1. The molecule has 4 heterocycles. The van der Waals surface area contributed by atoms with Crippen molar-refractivity contribution < 1.29 is 24.5 Å². The van der Waals surface area contributed by atoms with Gasteiger partial charge in [-0.3, -0.25) is 4.79 Å². The number of rotatable bonds is 7. The highest BCUT2D eigenvalue weighted by atomic mass is 16.5. The molecule has 1 saturated heterocycles. The fraction of sp³-hybridized carbons (Fsp3) is 0.500. The summed E-state index contributed by atoms with van der Waals surface area (Å²) < 4.78 is 11.1. The number of aryl methyl sites for hydroxylation is 1. The average Bonchev–Trinajstić information content (AvgIpc) is 3.05. The Morgan fingerprint density at radius 1 is 1.23 bits per heavy atom. The number of carbonyl (C=O) groups is 1. The van der Waals surface area contributed by atoms with Crippen molar-refractivity contribution >= 4 is 11.7 Å². The van der Waals surface area contributed by atoms with Crippen LogP contribution in [0.3, 0.4) is 0 Å². The van der Waals surface area contributed by atoms with E-state index in [2.05, 4.69) is 9.88 Å². The lowest BCUT2D eigenvalue weighted by atomic mass is 10.1. The van der Waals surface area contributed by atoms with Gasteiger partial charge in [0, 0.05) is 38.5 Å². The zero-order valence-electron chi connectivity index (χ0n) is 17.8. The van der Waals surface area contributed by atoms with E-state index in [0.717, 1.165) is 43.1 Å². The van der Waals surface area contributed by atoms with Gasteiger partial charge in [-0.25, -0.2) is 9.97 Å². The van der Waals surface area contributed by atoms with E-state index >= 15 is 0 Å². The summed E-state index contributed by atoms with van der Waals surface area (Å²) in [5.41, 5.74) is 2.02. The number of β-amino-alcohol motifs (C(OH)–C–C–N with tert-alkyl or cyclic N) is 1. The number of methoxy groups -OCH3 is 1. The summed E-state index contributed by atoms with van der Waals surface area (Å²) in [5, 5.41) is 19.1. The van der Waals surface area contributed by atoms with Crippen LogP contribution in [0.25, 0.3) is 0 Å². The molecule has 31 heavy (non-hydrogen) atoms. The quantitative estimate of drug-likeness (QED) is 0.680. The second kappa shape index (κ2) is 9.07. The van der Waals surface area contributed by atoms with E-state index < -0.39 is 6.04 Å². The molecule has 0 saturated carbocycles. The largest absolute Gasteiger partial charge is 0.489 e. The summed E-state index contributed by atoms with van der Waals surface area (Å²) in [4.78, 5) is 25.3. The van der Waals surface area contributed by atoms with Gasteiger partial charge in [0.2, 0.25) is 5.88 Å². The van der Waals surface area contributed by atoms with Crippen molar-refractivity contribution in [3.63, 3.8) is 0 Å². The number of piperidine rings is 1. The first kappa shape index (κ1) is 21.3. The van der Waals surface area contributed by atoms with Crippen LogP contribution in [-0.4, -0.2) is 77.0 Å². The van der Waals surface area contributed by atoms with Gasteiger partial charge < -0.3 is 29.5 Å². The molecule has 9 heteroatoms. The number of aromatic nitrogens is 2. The molecule has 2 aromatic rings. The number of ether oxygens (including phenoxy) is 2. The fourth-order valence-corrected chi connectivity index (χ4v) is 4.29. The van der Waals surface area contributed by atoms with Gasteiger partial charge in [0.1, 0.15) is 17.7 Å². The lowest BCUT2D eigenvalue weighted by molar-refractivity contribution is 0.0603. The van der Waals surface area contributed by atoms with E-state index in [9.17, 15) is 15.0 Å². The van der Waals surface area contributed by atoms with E-state index in [1.54, 1.807) is 19.4 Å². The van der Waals surface area contributed by atoms with Crippen molar-refractivity contribution in [2.75, 3.05) is 44.9 Å². The summed E-state index contributed by atoms with van der Waals surface area (Å²) in [7, 11) is 1.58. The van der Waals surface area contributed by atoms with Gasteiger partial charge in [-0.15, -0.1) is 0 Å². The van der Waals surface area contributed by atoms with Crippen LogP contribution in [0.2, 0.25) is 0 Å². The molecule has 0 spiro atoms. The van der Waals surface area contributed by atoms with Crippen LogP contribution in [-0.2, 0) is 0 Å². The number of anilines is 1. The second-order valence-corrected chi connectivity index (χ2v) is 7.82. The van der Waals surface area contributed by atoms with Crippen LogP contribution in [0.5, 0.6) is 11.6 Å². The Labute approximate surface area is 181 Å². The molecule has 0 bridgehead atoms. The lowest BCUT2D eigenvalue weighted by Gasteiger charge is -2.34. The van der Waals surface area contributed by atoms with E-state index in [4.69, 9.17) is 14.5 Å². The standard InChI is InChI=1S/C22H28N4O5/c1-14-11-17-20(18(13-28)26(9-10-27)22(17)29)24-21(14)25-7-5-15(6-8-25)31-16-3-4-19(30-2)23-12-16/h3-4,11-12,15,18,27-28H,5-10,13H2,1-2H3. The number of aliphatic hydroxyl groups is 2. The Hall–Kier alpha value is -2.91. The number of pyridine rings is 2. The zero-order chi connectivity index (χ0) is 22.0. The molecule has 166 valence electrons. The third-order valence-electron chi connectivity index (χ3n) is 5.88. The third-order valence-corrected chi connectivity index (χ3v) is 5.88. The highest BCUT2D eigenvalue weighted by molar-refractivity contribution is 5.99. The Balaban J connectivity index is 1.45. The van der Waals surface area contributed by atoms with Crippen LogP contribution >= 0.6 is 0 Å². The van der Waals surface area contributed by atoms with Gasteiger partial charge in [0.25, 0.3) is 5.91 Å². The van der Waals surface area contributed by atoms with Crippen molar-refractivity contribution in [3.8, 4) is 11.6 Å². The number of hydrogen-bond donors (Lipinski definition) is 2. The van der Waals surface area contributed by atoms with Crippen molar-refractivity contribution in [2.45, 2.75) is 31.9 Å². The maximum atomic E-state index is 12.7. The summed E-state index contributed by atoms with van der Waals surface area (Å²) >= 11 is 0. The molecule has 2 aliphatic rings. The average molecular weight is 428 g/mol. The van der Waals surface area contributed by atoms with Crippen LogP contribution in [0, 0.1) is 6.92 Å². The van der Waals surface area contributed by atoms with Crippen molar-refractivity contribution in [1.29, 1.82) is 0 Å². The van der Waals surface area contributed by atoms with E-state index in [-0.39, 0.29) is 31.8 Å². The van der Waals surface area contributed by atoms with Gasteiger partial charge in [-0.2, -0.15) is 0 Å². The number of nitrogens with zero attached hydrogens (tertiary/aromatic N) is 4. The molecular weight excluding hydrogens is 400 g/mol. The van der Waals surface area contributed by atoms with Gasteiger partial charge in [0.15, 0.2) is 0 Å². The molecule has 1 fully saturated rings. The minimum absolute atomic E-state index is 0.0907. The van der Waals surface area contributed by atoms with E-state index in [0.29, 0.717) is 17.1 Å². The first-order valence-corrected chi connectivity index (χ1v) is 10.5. The monoisotopic (exact) mass is 428 g/mol. The van der Waals surface area contributed by atoms with Crippen molar-refractivity contribution in [3.05, 3.63) is 41.2 Å². The molecule has 0 radical (unpaired) electrons. The number of fused-ring (bicyclic) bond motifs is 1. The second-order valence-electron chi connectivity index (χ2n) is 7.82. The minimum atomic E-state index is -0.516. The Morgan fingerprint density at radius 2 is 2.00 bits per heavy atom. The summed E-state index contributed by atoms with van der Waals surface area (Å²) in [6, 6.07) is 4.97. The molecule has 4 rings (SSSR count). The fourth-order valence-electron chi connectivity index (χ4n) is 4.29. The smallest absolute Gasteiger partial charge is 0.256 e.